The zero-order valence-corrected chi connectivity index (χ0v) is 13.5. The van der Waals surface area contributed by atoms with E-state index in [9.17, 15) is 4.79 Å². The van der Waals surface area contributed by atoms with Gasteiger partial charge in [0.15, 0.2) is 0 Å². The van der Waals surface area contributed by atoms with Crippen molar-refractivity contribution in [2.75, 3.05) is 7.05 Å². The van der Waals surface area contributed by atoms with Crippen LogP contribution < -0.4 is 0 Å². The monoisotopic (exact) mass is 339 g/mol. The van der Waals surface area contributed by atoms with Crippen LogP contribution in [-0.2, 0) is 24.4 Å². The first-order valence-corrected chi connectivity index (χ1v) is 7.24. The highest BCUT2D eigenvalue weighted by molar-refractivity contribution is 9.10. The molecular formula is C13H18BrN5O. The van der Waals surface area contributed by atoms with Gasteiger partial charge in [0, 0.05) is 26.0 Å². The van der Waals surface area contributed by atoms with Crippen LogP contribution in [0.3, 0.4) is 0 Å². The molecule has 7 heteroatoms. The van der Waals surface area contributed by atoms with Gasteiger partial charge in [-0.1, -0.05) is 0 Å². The molecule has 0 aliphatic rings. The van der Waals surface area contributed by atoms with Gasteiger partial charge >= 0.3 is 0 Å². The third kappa shape index (κ3) is 3.47. The molecule has 0 aliphatic heterocycles. The van der Waals surface area contributed by atoms with Gasteiger partial charge in [-0.3, -0.25) is 14.2 Å². The first kappa shape index (κ1) is 14.8. The van der Waals surface area contributed by atoms with Gasteiger partial charge in [0.05, 0.1) is 22.4 Å². The Balaban J connectivity index is 1.94. The Kier molecular flexibility index (Phi) is 4.59. The summed E-state index contributed by atoms with van der Waals surface area (Å²) in [6, 6.07) is 1.93. The van der Waals surface area contributed by atoms with Crippen LogP contribution in [-0.4, -0.2) is 37.4 Å². The van der Waals surface area contributed by atoms with E-state index in [0.29, 0.717) is 6.54 Å². The zero-order chi connectivity index (χ0) is 14.7. The smallest absolute Gasteiger partial charge is 0.244 e. The number of aromatic nitrogens is 4. The molecule has 1 amide bonds. The minimum absolute atomic E-state index is 0.00560. The van der Waals surface area contributed by atoms with Gasteiger partial charge in [0.25, 0.3) is 0 Å². The van der Waals surface area contributed by atoms with Crippen molar-refractivity contribution >= 4 is 21.8 Å². The predicted octanol–water partition coefficient (Wildman–Crippen LogP) is 1.83. The number of carbonyl (C=O) groups is 1. The molecule has 0 saturated carbocycles. The maximum absolute atomic E-state index is 12.1. The normalized spacial score (nSPS) is 10.8. The van der Waals surface area contributed by atoms with Gasteiger partial charge in [-0.2, -0.15) is 10.2 Å². The second-order valence-corrected chi connectivity index (χ2v) is 5.53. The van der Waals surface area contributed by atoms with Crippen molar-refractivity contribution in [3.05, 3.63) is 34.3 Å². The van der Waals surface area contributed by atoms with Crippen LogP contribution in [0.15, 0.2) is 22.9 Å². The lowest BCUT2D eigenvalue weighted by Gasteiger charge is -2.15. The summed E-state index contributed by atoms with van der Waals surface area (Å²) in [7, 11) is 1.78. The van der Waals surface area contributed by atoms with E-state index in [1.807, 2.05) is 37.0 Å². The number of likely N-dealkylation sites (N-methyl/N-ethyl adjacent to an activating group) is 1. The summed E-state index contributed by atoms with van der Waals surface area (Å²) in [5, 5.41) is 8.63. The van der Waals surface area contributed by atoms with Crippen LogP contribution in [0.4, 0.5) is 0 Å². The van der Waals surface area contributed by atoms with Gasteiger partial charge in [-0.25, -0.2) is 0 Å². The lowest BCUT2D eigenvalue weighted by molar-refractivity contribution is -0.131. The molecule has 2 aromatic rings. The zero-order valence-electron chi connectivity index (χ0n) is 11.9. The number of hydrogen-bond acceptors (Lipinski definition) is 3. The molecule has 2 aromatic heterocycles. The largest absolute Gasteiger partial charge is 0.338 e. The van der Waals surface area contributed by atoms with Gasteiger partial charge in [-0.05, 0) is 35.8 Å². The molecule has 0 aliphatic carbocycles. The van der Waals surface area contributed by atoms with Crippen LogP contribution in [0, 0.1) is 6.92 Å². The first-order chi connectivity index (χ1) is 9.49. The van der Waals surface area contributed by atoms with Crippen molar-refractivity contribution in [2.24, 2.45) is 0 Å². The Morgan fingerprint density at radius 3 is 2.70 bits per heavy atom. The van der Waals surface area contributed by atoms with Crippen molar-refractivity contribution in [1.82, 2.24) is 24.5 Å². The lowest BCUT2D eigenvalue weighted by Crippen LogP contribution is -2.30. The van der Waals surface area contributed by atoms with E-state index in [4.69, 9.17) is 0 Å². The molecule has 0 radical (unpaired) electrons. The molecule has 0 fully saturated rings. The number of halogens is 1. The van der Waals surface area contributed by atoms with Gasteiger partial charge in [0.2, 0.25) is 5.91 Å². The summed E-state index contributed by atoms with van der Waals surface area (Å²) in [4.78, 5) is 13.8. The molecule has 2 rings (SSSR count). The van der Waals surface area contributed by atoms with Crippen LogP contribution >= 0.6 is 15.9 Å². The molecule has 108 valence electrons. The van der Waals surface area contributed by atoms with Crippen LogP contribution in [0.5, 0.6) is 0 Å². The number of nitrogens with zero attached hydrogens (tertiary/aromatic N) is 5. The standard InChI is InChI=1S/C13H18BrN5O/c1-4-18-6-5-11(16-18)7-17(3)13(20)9-19-8-12(14)10(2)15-19/h5-6,8H,4,7,9H2,1-3H3. The molecular weight excluding hydrogens is 322 g/mol. The Bertz CT molecular complexity index is 584. The maximum Gasteiger partial charge on any atom is 0.244 e. The average Bonchev–Trinajstić information content (AvgIpc) is 2.97. The minimum Gasteiger partial charge on any atom is -0.338 e. The van der Waals surface area contributed by atoms with E-state index in [1.54, 1.807) is 16.6 Å². The summed E-state index contributed by atoms with van der Waals surface area (Å²) in [6.07, 6.45) is 3.73. The molecule has 0 atom stereocenters. The number of aryl methyl sites for hydroxylation is 2. The summed E-state index contributed by atoms with van der Waals surface area (Å²) < 4.78 is 4.40. The number of carbonyl (C=O) groups excluding carboxylic acids is 1. The van der Waals surface area contributed by atoms with E-state index in [2.05, 4.69) is 26.1 Å². The van der Waals surface area contributed by atoms with Crippen molar-refractivity contribution < 1.29 is 4.79 Å². The highest BCUT2D eigenvalue weighted by Crippen LogP contribution is 2.13. The van der Waals surface area contributed by atoms with E-state index >= 15 is 0 Å². The summed E-state index contributed by atoms with van der Waals surface area (Å²) in [5.74, 6) is 0.00560. The Hall–Kier alpha value is -1.63. The van der Waals surface area contributed by atoms with Crippen molar-refractivity contribution in [1.29, 1.82) is 0 Å². The topological polar surface area (TPSA) is 56.0 Å². The third-order valence-electron chi connectivity index (χ3n) is 3.03. The molecule has 20 heavy (non-hydrogen) atoms. The Labute approximate surface area is 126 Å². The quantitative estimate of drug-likeness (QED) is 0.834. The van der Waals surface area contributed by atoms with E-state index in [-0.39, 0.29) is 12.5 Å². The number of amides is 1. The van der Waals surface area contributed by atoms with Gasteiger partial charge < -0.3 is 4.90 Å². The average molecular weight is 340 g/mol. The minimum atomic E-state index is 0.00560. The van der Waals surface area contributed by atoms with Gasteiger partial charge in [-0.15, -0.1) is 0 Å². The number of rotatable bonds is 5. The van der Waals surface area contributed by atoms with E-state index in [1.165, 1.54) is 0 Å². The van der Waals surface area contributed by atoms with Crippen LogP contribution in [0.1, 0.15) is 18.3 Å². The van der Waals surface area contributed by atoms with Gasteiger partial charge in [0.1, 0.15) is 6.54 Å². The fourth-order valence-corrected chi connectivity index (χ4v) is 2.14. The summed E-state index contributed by atoms with van der Waals surface area (Å²) >= 11 is 3.39. The predicted molar refractivity (Wildman–Crippen MR) is 79.0 cm³/mol. The van der Waals surface area contributed by atoms with Crippen molar-refractivity contribution in [3.63, 3.8) is 0 Å². The molecule has 0 bridgehead atoms. The molecule has 0 spiro atoms. The van der Waals surface area contributed by atoms with Crippen LogP contribution in [0.25, 0.3) is 0 Å². The third-order valence-corrected chi connectivity index (χ3v) is 3.81. The fourth-order valence-electron chi connectivity index (χ4n) is 1.83. The van der Waals surface area contributed by atoms with E-state index in [0.717, 1.165) is 22.4 Å². The highest BCUT2D eigenvalue weighted by Gasteiger charge is 2.13. The Morgan fingerprint density at radius 1 is 1.40 bits per heavy atom. The molecule has 6 nitrogen and oxygen atoms in total. The molecule has 0 aromatic carbocycles. The van der Waals surface area contributed by atoms with E-state index < -0.39 is 0 Å². The summed E-state index contributed by atoms with van der Waals surface area (Å²) in [5.41, 5.74) is 1.77. The molecule has 0 unspecified atom stereocenters. The van der Waals surface area contributed by atoms with Crippen molar-refractivity contribution in [2.45, 2.75) is 33.5 Å². The Morgan fingerprint density at radius 2 is 2.15 bits per heavy atom. The SMILES string of the molecule is CCn1ccc(CN(C)C(=O)Cn2cc(Br)c(C)n2)n1. The van der Waals surface area contributed by atoms with Crippen LogP contribution in [0.2, 0.25) is 0 Å². The molecule has 0 N–H and O–H groups in total. The molecule has 0 saturated heterocycles. The number of hydrogen-bond donors (Lipinski definition) is 0. The fraction of sp³-hybridized carbons (Fsp3) is 0.462. The highest BCUT2D eigenvalue weighted by atomic mass is 79.9. The lowest BCUT2D eigenvalue weighted by atomic mass is 10.4. The maximum atomic E-state index is 12.1. The second-order valence-electron chi connectivity index (χ2n) is 4.67. The summed E-state index contributed by atoms with van der Waals surface area (Å²) in [6.45, 7) is 5.50. The second kappa shape index (κ2) is 6.21. The van der Waals surface area contributed by atoms with Crippen molar-refractivity contribution in [3.8, 4) is 0 Å². The molecule has 2 heterocycles. The first-order valence-electron chi connectivity index (χ1n) is 6.45.